The number of piperazine rings is 1. The van der Waals surface area contributed by atoms with Crippen LogP contribution in [-0.2, 0) is 11.2 Å². The Morgan fingerprint density at radius 3 is 2.18 bits per heavy atom. The molecule has 2 aromatic rings. The highest BCUT2D eigenvalue weighted by Gasteiger charge is 2.26. The number of para-hydroxylation sites is 1. The highest BCUT2D eigenvalue weighted by molar-refractivity contribution is 5.94. The molecule has 0 atom stereocenters. The summed E-state index contributed by atoms with van der Waals surface area (Å²) in [5, 5.41) is 3.06. The number of hydrogen-bond donors (Lipinski definition) is 2. The van der Waals surface area contributed by atoms with Crippen LogP contribution >= 0.6 is 0 Å². The Morgan fingerprint density at radius 1 is 1.00 bits per heavy atom. The molecule has 1 heterocycles. The van der Waals surface area contributed by atoms with Crippen molar-refractivity contribution in [2.24, 2.45) is 0 Å². The Balaban J connectivity index is 1.50. The van der Waals surface area contributed by atoms with Gasteiger partial charge in [0.15, 0.2) is 6.54 Å². The Labute approximate surface area is 167 Å². The van der Waals surface area contributed by atoms with Gasteiger partial charge < -0.3 is 15.1 Å². The lowest BCUT2D eigenvalue weighted by Crippen LogP contribution is -3.15. The van der Waals surface area contributed by atoms with Crippen LogP contribution in [0.25, 0.3) is 0 Å². The third-order valence-corrected chi connectivity index (χ3v) is 5.52. The number of nitrogens with one attached hydrogen (secondary N) is 2. The van der Waals surface area contributed by atoms with Gasteiger partial charge in [-0.1, -0.05) is 37.3 Å². The molecule has 0 aromatic heterocycles. The number of benzene rings is 2. The number of aryl methyl sites for hydroxylation is 3. The summed E-state index contributed by atoms with van der Waals surface area (Å²) in [7, 11) is 0. The predicted octanol–water partition coefficient (Wildman–Crippen LogP) is 1.85. The minimum atomic E-state index is 0.0299. The van der Waals surface area contributed by atoms with Crippen LogP contribution in [-0.4, -0.2) is 49.4 Å². The smallest absolute Gasteiger partial charge is 0.279 e. The maximum absolute atomic E-state index is 12.7. The minimum Gasteiger partial charge on any atom is -0.327 e. The van der Waals surface area contributed by atoms with E-state index in [1.54, 1.807) is 0 Å². The van der Waals surface area contributed by atoms with Gasteiger partial charge in [0.25, 0.3) is 11.8 Å². The Kier molecular flexibility index (Phi) is 6.47. The molecule has 1 saturated heterocycles. The Bertz CT molecular complexity index is 817. The van der Waals surface area contributed by atoms with E-state index in [-0.39, 0.29) is 11.8 Å². The standard InChI is InChI=1S/C23H29N3O2/c1-4-19-8-10-20(11-9-19)23(28)26-14-12-25(13-15-26)16-21(27)24-22-17(2)6-5-7-18(22)3/h5-11H,4,12-16H2,1-3H3,(H,24,27)/p+1. The van der Waals surface area contributed by atoms with Gasteiger partial charge >= 0.3 is 0 Å². The largest absolute Gasteiger partial charge is 0.327 e. The third kappa shape index (κ3) is 4.78. The molecule has 2 N–H and O–H groups in total. The fraction of sp³-hybridized carbons (Fsp3) is 0.391. The van der Waals surface area contributed by atoms with Gasteiger partial charge in [-0.25, -0.2) is 0 Å². The number of anilines is 1. The van der Waals surface area contributed by atoms with Gasteiger partial charge in [-0.05, 0) is 49.1 Å². The van der Waals surface area contributed by atoms with Crippen molar-refractivity contribution in [3.63, 3.8) is 0 Å². The zero-order valence-electron chi connectivity index (χ0n) is 17.0. The maximum atomic E-state index is 12.7. The van der Waals surface area contributed by atoms with Gasteiger partial charge in [-0.15, -0.1) is 0 Å². The lowest BCUT2D eigenvalue weighted by molar-refractivity contribution is -0.895. The second-order valence-corrected chi connectivity index (χ2v) is 7.58. The Morgan fingerprint density at radius 2 is 1.61 bits per heavy atom. The average Bonchev–Trinajstić information content (AvgIpc) is 2.71. The molecular weight excluding hydrogens is 350 g/mol. The lowest BCUT2D eigenvalue weighted by Gasteiger charge is -2.32. The van der Waals surface area contributed by atoms with Gasteiger partial charge in [0, 0.05) is 11.3 Å². The summed E-state index contributed by atoms with van der Waals surface area (Å²) in [6.07, 6.45) is 0.973. The van der Waals surface area contributed by atoms with Crippen LogP contribution in [0.4, 0.5) is 5.69 Å². The molecule has 2 aromatic carbocycles. The normalized spacial score (nSPS) is 14.8. The zero-order valence-corrected chi connectivity index (χ0v) is 17.0. The molecule has 0 unspecified atom stereocenters. The second kappa shape index (κ2) is 9.02. The predicted molar refractivity (Wildman–Crippen MR) is 112 cm³/mol. The highest BCUT2D eigenvalue weighted by Crippen LogP contribution is 2.18. The molecule has 5 heteroatoms. The highest BCUT2D eigenvalue weighted by atomic mass is 16.2. The molecule has 1 aliphatic heterocycles. The summed E-state index contributed by atoms with van der Waals surface area (Å²) in [4.78, 5) is 28.3. The van der Waals surface area contributed by atoms with E-state index in [2.05, 4.69) is 12.2 Å². The first-order valence-electron chi connectivity index (χ1n) is 10.1. The topological polar surface area (TPSA) is 53.9 Å². The van der Waals surface area contributed by atoms with E-state index in [9.17, 15) is 9.59 Å². The van der Waals surface area contributed by atoms with E-state index in [0.29, 0.717) is 19.6 Å². The number of rotatable bonds is 5. The Hall–Kier alpha value is -2.66. The molecule has 148 valence electrons. The molecule has 28 heavy (non-hydrogen) atoms. The summed E-state index contributed by atoms with van der Waals surface area (Å²) < 4.78 is 0. The number of amides is 2. The van der Waals surface area contributed by atoms with Crippen LogP contribution in [0, 0.1) is 13.8 Å². The van der Waals surface area contributed by atoms with Gasteiger partial charge in [0.05, 0.1) is 26.2 Å². The first-order valence-corrected chi connectivity index (χ1v) is 10.1. The summed E-state index contributed by atoms with van der Waals surface area (Å²) in [6.45, 7) is 9.49. The van der Waals surface area contributed by atoms with E-state index >= 15 is 0 Å². The molecule has 0 radical (unpaired) electrons. The van der Waals surface area contributed by atoms with Crippen LogP contribution in [0.1, 0.15) is 34.0 Å². The average molecular weight is 381 g/mol. The van der Waals surface area contributed by atoms with Gasteiger partial charge in [0.1, 0.15) is 0 Å². The van der Waals surface area contributed by atoms with Gasteiger partial charge in [0.2, 0.25) is 0 Å². The second-order valence-electron chi connectivity index (χ2n) is 7.58. The number of carbonyl (C=O) groups is 2. The van der Waals surface area contributed by atoms with E-state index < -0.39 is 0 Å². The SMILES string of the molecule is CCc1ccc(C(=O)N2CC[NH+](CC(=O)Nc3c(C)cccc3C)CC2)cc1. The van der Waals surface area contributed by atoms with Crippen molar-refractivity contribution < 1.29 is 14.5 Å². The summed E-state index contributed by atoms with van der Waals surface area (Å²) in [6, 6.07) is 13.9. The molecular formula is C23H30N3O2+. The van der Waals surface area contributed by atoms with Crippen molar-refractivity contribution in [3.05, 3.63) is 64.7 Å². The van der Waals surface area contributed by atoms with Crippen molar-refractivity contribution in [1.82, 2.24) is 4.90 Å². The number of hydrogen-bond acceptors (Lipinski definition) is 2. The van der Waals surface area contributed by atoms with Crippen molar-refractivity contribution in [1.29, 1.82) is 0 Å². The molecule has 1 aliphatic rings. The van der Waals surface area contributed by atoms with E-state index in [1.807, 2.05) is 61.2 Å². The first kappa shape index (κ1) is 20.1. The molecule has 0 bridgehead atoms. The lowest BCUT2D eigenvalue weighted by atomic mass is 10.1. The minimum absolute atomic E-state index is 0.0299. The quantitative estimate of drug-likeness (QED) is 0.832. The van der Waals surface area contributed by atoms with Crippen LogP contribution in [0.3, 0.4) is 0 Å². The van der Waals surface area contributed by atoms with E-state index in [0.717, 1.165) is 41.9 Å². The number of nitrogens with zero attached hydrogens (tertiary/aromatic N) is 1. The van der Waals surface area contributed by atoms with Crippen molar-refractivity contribution in [2.75, 3.05) is 38.0 Å². The van der Waals surface area contributed by atoms with Crippen LogP contribution in [0.2, 0.25) is 0 Å². The van der Waals surface area contributed by atoms with Crippen LogP contribution in [0.5, 0.6) is 0 Å². The van der Waals surface area contributed by atoms with Gasteiger partial charge in [-0.3, -0.25) is 9.59 Å². The molecule has 2 amide bonds. The number of carbonyl (C=O) groups excluding carboxylic acids is 2. The van der Waals surface area contributed by atoms with Crippen LogP contribution in [0.15, 0.2) is 42.5 Å². The first-order chi connectivity index (χ1) is 13.5. The molecule has 0 aliphatic carbocycles. The molecule has 1 fully saturated rings. The zero-order chi connectivity index (χ0) is 20.1. The molecule has 3 rings (SSSR count). The molecule has 0 saturated carbocycles. The van der Waals surface area contributed by atoms with E-state index in [1.165, 1.54) is 10.5 Å². The van der Waals surface area contributed by atoms with E-state index in [4.69, 9.17) is 0 Å². The third-order valence-electron chi connectivity index (χ3n) is 5.52. The fourth-order valence-electron chi connectivity index (χ4n) is 3.69. The summed E-state index contributed by atoms with van der Waals surface area (Å²) >= 11 is 0. The number of quaternary nitrogens is 1. The van der Waals surface area contributed by atoms with Crippen molar-refractivity contribution in [2.45, 2.75) is 27.2 Å². The summed E-state index contributed by atoms with van der Waals surface area (Å²) in [5.74, 6) is 0.115. The monoisotopic (exact) mass is 380 g/mol. The molecule has 5 nitrogen and oxygen atoms in total. The fourth-order valence-corrected chi connectivity index (χ4v) is 3.69. The van der Waals surface area contributed by atoms with Crippen LogP contribution < -0.4 is 10.2 Å². The maximum Gasteiger partial charge on any atom is 0.279 e. The van der Waals surface area contributed by atoms with Crippen molar-refractivity contribution >= 4 is 17.5 Å². The van der Waals surface area contributed by atoms with Crippen molar-refractivity contribution in [3.8, 4) is 0 Å². The summed E-state index contributed by atoms with van der Waals surface area (Å²) in [5.41, 5.74) is 5.05. The molecule has 0 spiro atoms. The van der Waals surface area contributed by atoms with Gasteiger partial charge in [-0.2, -0.15) is 0 Å².